The largest absolute Gasteiger partial charge is 0.493 e. The molecule has 2 rings (SSSR count). The van der Waals surface area contributed by atoms with Crippen LogP contribution < -0.4 is 15.4 Å². The molecular formula is C21H37IN4O3S. The van der Waals surface area contributed by atoms with E-state index in [1.807, 2.05) is 0 Å². The topological polar surface area (TPSA) is 83.0 Å². The molecule has 1 heterocycles. The predicted octanol–water partition coefficient (Wildman–Crippen LogP) is 2.43. The maximum absolute atomic E-state index is 11.5. The second-order valence-corrected chi connectivity index (χ2v) is 10.3. The average molecular weight is 553 g/mol. The molecule has 1 fully saturated rings. The van der Waals surface area contributed by atoms with E-state index in [1.165, 1.54) is 5.56 Å². The third-order valence-corrected chi connectivity index (χ3v) is 6.61. The fourth-order valence-electron chi connectivity index (χ4n) is 3.05. The molecule has 0 aromatic heterocycles. The van der Waals surface area contributed by atoms with Crippen molar-refractivity contribution in [2.24, 2.45) is 10.9 Å². The Labute approximate surface area is 199 Å². The number of ether oxygens (including phenoxy) is 1. The minimum atomic E-state index is -2.83. The first kappa shape index (κ1) is 27.0. The van der Waals surface area contributed by atoms with Crippen LogP contribution in [0.3, 0.4) is 0 Å². The molecule has 0 amide bonds. The van der Waals surface area contributed by atoms with E-state index in [-0.39, 0.29) is 35.5 Å². The van der Waals surface area contributed by atoms with Gasteiger partial charge in [0.05, 0.1) is 18.1 Å². The van der Waals surface area contributed by atoms with Crippen molar-refractivity contribution in [3.05, 3.63) is 29.3 Å². The van der Waals surface area contributed by atoms with Gasteiger partial charge in [0.25, 0.3) is 0 Å². The summed E-state index contributed by atoms with van der Waals surface area (Å²) in [5, 5.41) is 6.64. The molecule has 1 aliphatic rings. The van der Waals surface area contributed by atoms with Gasteiger partial charge in [0.1, 0.15) is 5.75 Å². The monoisotopic (exact) mass is 552 g/mol. The number of nitrogens with one attached hydrogen (secondary N) is 2. The standard InChI is InChI=1S/C21H36N4O3S.HI/c1-17(2)7-12-28-20-15-18(3)5-6-19(20)16-24-21(22-4)23-8-9-25-10-13-29(26,27)14-11-25;/h5-6,15,17H,7-14,16H2,1-4H3,(H2,22,23,24);1H. The van der Waals surface area contributed by atoms with Gasteiger partial charge in [-0.2, -0.15) is 0 Å². The summed E-state index contributed by atoms with van der Waals surface area (Å²) in [4.78, 5) is 6.45. The number of rotatable bonds is 9. The van der Waals surface area contributed by atoms with Crippen molar-refractivity contribution in [1.29, 1.82) is 0 Å². The Bertz CT molecular complexity index is 770. The number of aryl methyl sites for hydroxylation is 1. The number of hydrogen-bond donors (Lipinski definition) is 2. The molecule has 0 radical (unpaired) electrons. The molecule has 1 saturated heterocycles. The number of guanidine groups is 1. The normalized spacial score (nSPS) is 16.8. The molecule has 172 valence electrons. The van der Waals surface area contributed by atoms with Crippen LogP contribution in [0.5, 0.6) is 5.75 Å². The van der Waals surface area contributed by atoms with Gasteiger partial charge < -0.3 is 15.4 Å². The van der Waals surface area contributed by atoms with Crippen LogP contribution in [0.1, 0.15) is 31.4 Å². The highest BCUT2D eigenvalue weighted by atomic mass is 127. The lowest BCUT2D eigenvalue weighted by molar-refractivity contribution is 0.286. The third kappa shape index (κ3) is 9.82. The van der Waals surface area contributed by atoms with E-state index in [2.05, 4.69) is 59.5 Å². The molecule has 1 aromatic carbocycles. The van der Waals surface area contributed by atoms with Gasteiger partial charge in [0.15, 0.2) is 15.8 Å². The summed E-state index contributed by atoms with van der Waals surface area (Å²) in [6, 6.07) is 6.26. The highest BCUT2D eigenvalue weighted by molar-refractivity contribution is 14.0. The van der Waals surface area contributed by atoms with Gasteiger partial charge in [-0.3, -0.25) is 9.89 Å². The zero-order valence-corrected chi connectivity index (χ0v) is 21.8. The summed E-state index contributed by atoms with van der Waals surface area (Å²) < 4.78 is 29.0. The Morgan fingerprint density at radius 1 is 1.23 bits per heavy atom. The lowest BCUT2D eigenvalue weighted by Crippen LogP contribution is -2.45. The summed E-state index contributed by atoms with van der Waals surface area (Å²) in [6.45, 7) is 10.5. The van der Waals surface area contributed by atoms with E-state index in [0.29, 0.717) is 38.7 Å². The summed E-state index contributed by atoms with van der Waals surface area (Å²) in [6.07, 6.45) is 1.03. The Hall–Kier alpha value is -1.07. The zero-order valence-electron chi connectivity index (χ0n) is 18.6. The Balaban J connectivity index is 0.00000450. The summed E-state index contributed by atoms with van der Waals surface area (Å²) in [5.41, 5.74) is 2.28. The summed E-state index contributed by atoms with van der Waals surface area (Å²) in [7, 11) is -1.08. The van der Waals surface area contributed by atoms with Crippen LogP contribution in [0.2, 0.25) is 0 Å². The molecule has 7 nitrogen and oxygen atoms in total. The quantitative estimate of drug-likeness (QED) is 0.278. The molecule has 1 aliphatic heterocycles. The minimum absolute atomic E-state index is 0. The molecular weight excluding hydrogens is 515 g/mol. The lowest BCUT2D eigenvalue weighted by Gasteiger charge is -2.26. The second kappa shape index (κ2) is 13.4. The Morgan fingerprint density at radius 3 is 2.57 bits per heavy atom. The number of nitrogens with zero attached hydrogens (tertiary/aromatic N) is 2. The van der Waals surface area contributed by atoms with E-state index in [4.69, 9.17) is 4.74 Å². The molecule has 2 N–H and O–H groups in total. The van der Waals surface area contributed by atoms with E-state index >= 15 is 0 Å². The van der Waals surface area contributed by atoms with Crippen molar-refractivity contribution in [3.8, 4) is 5.75 Å². The van der Waals surface area contributed by atoms with Crippen molar-refractivity contribution in [2.75, 3.05) is 51.3 Å². The SMILES string of the molecule is CN=C(NCCN1CCS(=O)(=O)CC1)NCc1ccc(C)cc1OCCC(C)C.I. The molecule has 9 heteroatoms. The first-order chi connectivity index (χ1) is 13.8. The van der Waals surface area contributed by atoms with Gasteiger partial charge in [-0.05, 0) is 30.9 Å². The molecule has 0 unspecified atom stereocenters. The van der Waals surface area contributed by atoms with Crippen LogP contribution in [0.15, 0.2) is 23.2 Å². The summed E-state index contributed by atoms with van der Waals surface area (Å²) >= 11 is 0. The fourth-order valence-corrected chi connectivity index (χ4v) is 4.33. The zero-order chi connectivity index (χ0) is 21.3. The smallest absolute Gasteiger partial charge is 0.191 e. The van der Waals surface area contributed by atoms with Gasteiger partial charge in [-0.1, -0.05) is 26.0 Å². The van der Waals surface area contributed by atoms with E-state index < -0.39 is 9.84 Å². The first-order valence-electron chi connectivity index (χ1n) is 10.4. The molecule has 30 heavy (non-hydrogen) atoms. The van der Waals surface area contributed by atoms with Crippen LogP contribution in [-0.2, 0) is 16.4 Å². The number of hydrogen-bond acceptors (Lipinski definition) is 5. The second-order valence-electron chi connectivity index (χ2n) is 7.99. The van der Waals surface area contributed by atoms with Gasteiger partial charge in [-0.25, -0.2) is 8.42 Å². The molecule has 0 spiro atoms. The van der Waals surface area contributed by atoms with Crippen molar-refractivity contribution in [3.63, 3.8) is 0 Å². The number of benzene rings is 1. The first-order valence-corrected chi connectivity index (χ1v) is 12.2. The molecule has 1 aromatic rings. The average Bonchev–Trinajstić information content (AvgIpc) is 2.66. The summed E-state index contributed by atoms with van der Waals surface area (Å²) in [5.74, 6) is 2.77. The van der Waals surface area contributed by atoms with E-state index in [0.717, 1.165) is 30.2 Å². The third-order valence-electron chi connectivity index (χ3n) is 5.00. The van der Waals surface area contributed by atoms with Gasteiger partial charge in [0.2, 0.25) is 0 Å². The van der Waals surface area contributed by atoms with Gasteiger partial charge in [0, 0.05) is 45.3 Å². The van der Waals surface area contributed by atoms with Crippen LogP contribution in [0, 0.1) is 12.8 Å². The lowest BCUT2D eigenvalue weighted by atomic mass is 10.1. The van der Waals surface area contributed by atoms with Gasteiger partial charge in [-0.15, -0.1) is 24.0 Å². The number of aliphatic imine (C=N–C) groups is 1. The number of sulfone groups is 1. The maximum Gasteiger partial charge on any atom is 0.191 e. The predicted molar refractivity (Wildman–Crippen MR) is 135 cm³/mol. The maximum atomic E-state index is 11.5. The van der Waals surface area contributed by atoms with E-state index in [1.54, 1.807) is 7.05 Å². The minimum Gasteiger partial charge on any atom is -0.493 e. The molecule has 0 bridgehead atoms. The molecule has 0 atom stereocenters. The fraction of sp³-hybridized carbons (Fsp3) is 0.667. The Morgan fingerprint density at radius 2 is 1.93 bits per heavy atom. The Kier molecular flexibility index (Phi) is 12.0. The van der Waals surface area contributed by atoms with Crippen LogP contribution in [0.25, 0.3) is 0 Å². The van der Waals surface area contributed by atoms with E-state index in [9.17, 15) is 8.42 Å². The van der Waals surface area contributed by atoms with Crippen molar-refractivity contribution in [1.82, 2.24) is 15.5 Å². The van der Waals surface area contributed by atoms with Crippen molar-refractivity contribution in [2.45, 2.75) is 33.7 Å². The van der Waals surface area contributed by atoms with Crippen LogP contribution >= 0.6 is 24.0 Å². The molecule has 0 saturated carbocycles. The highest BCUT2D eigenvalue weighted by Gasteiger charge is 2.20. The highest BCUT2D eigenvalue weighted by Crippen LogP contribution is 2.21. The van der Waals surface area contributed by atoms with Crippen LogP contribution in [0.4, 0.5) is 0 Å². The van der Waals surface area contributed by atoms with Crippen molar-refractivity contribution < 1.29 is 13.2 Å². The molecule has 0 aliphatic carbocycles. The van der Waals surface area contributed by atoms with Crippen molar-refractivity contribution >= 4 is 39.8 Å². The van der Waals surface area contributed by atoms with Crippen LogP contribution in [-0.4, -0.2) is 70.6 Å². The van der Waals surface area contributed by atoms with Gasteiger partial charge >= 0.3 is 0 Å². The number of halogens is 1.